The monoisotopic (exact) mass is 308 g/mol. The van der Waals surface area contributed by atoms with Crippen molar-refractivity contribution in [2.75, 3.05) is 0 Å². The van der Waals surface area contributed by atoms with E-state index >= 15 is 0 Å². The van der Waals surface area contributed by atoms with E-state index in [-0.39, 0.29) is 18.0 Å². The van der Waals surface area contributed by atoms with Crippen molar-refractivity contribution >= 4 is 16.7 Å². The molecule has 0 fully saturated rings. The molecular formula is C19H20N2O2. The van der Waals surface area contributed by atoms with Crippen LogP contribution in [0.2, 0.25) is 0 Å². The van der Waals surface area contributed by atoms with Crippen LogP contribution < -0.4 is 0 Å². The number of aromatic nitrogens is 2. The Bertz CT molecular complexity index is 789. The molecule has 3 aromatic rings. The van der Waals surface area contributed by atoms with Gasteiger partial charge in [-0.05, 0) is 10.8 Å². The normalized spacial score (nSPS) is 12.5. The van der Waals surface area contributed by atoms with E-state index in [0.29, 0.717) is 6.54 Å². The average Bonchev–Trinajstić information content (AvgIpc) is 3.06. The number of imidazole rings is 1. The predicted molar refractivity (Wildman–Crippen MR) is 89.8 cm³/mol. The molecule has 0 aliphatic carbocycles. The Balaban J connectivity index is 2.00. The van der Waals surface area contributed by atoms with E-state index in [0.717, 1.165) is 16.3 Å². The second-order valence-corrected chi connectivity index (χ2v) is 5.91. The van der Waals surface area contributed by atoms with Crippen LogP contribution in [0, 0.1) is 5.92 Å². The number of hydrogen-bond acceptors (Lipinski definition) is 3. The Labute approximate surface area is 135 Å². The molecule has 1 aromatic heterocycles. The van der Waals surface area contributed by atoms with Crippen LogP contribution in [-0.2, 0) is 16.1 Å². The number of carbonyl (C=O) groups is 1. The van der Waals surface area contributed by atoms with Crippen LogP contribution in [0.4, 0.5) is 0 Å². The fourth-order valence-corrected chi connectivity index (χ4v) is 2.59. The fourth-order valence-electron chi connectivity index (χ4n) is 2.59. The maximum atomic E-state index is 12.1. The van der Waals surface area contributed by atoms with Gasteiger partial charge in [-0.2, -0.15) is 0 Å². The van der Waals surface area contributed by atoms with Crippen LogP contribution in [-0.4, -0.2) is 15.5 Å². The molecule has 2 aromatic carbocycles. The number of ether oxygens (including phenoxy) is 1. The lowest BCUT2D eigenvalue weighted by molar-refractivity contribution is -0.154. The molecule has 4 heteroatoms. The standard InChI is InChI=1S/C19H20N2O2/c1-14(2)19(22)23-18(12-21-11-10-20-13-21)17-9-5-7-15-6-3-4-8-16(15)17/h3-11,13-14,18H,12H2,1-2H3. The quantitative estimate of drug-likeness (QED) is 0.670. The van der Waals surface area contributed by atoms with E-state index in [1.807, 2.05) is 48.9 Å². The molecule has 0 amide bonds. The molecule has 0 radical (unpaired) electrons. The zero-order valence-electron chi connectivity index (χ0n) is 13.3. The lowest BCUT2D eigenvalue weighted by atomic mass is 10.00. The highest BCUT2D eigenvalue weighted by Crippen LogP contribution is 2.28. The minimum atomic E-state index is -0.342. The summed E-state index contributed by atoms with van der Waals surface area (Å²) in [5, 5.41) is 2.25. The lowest BCUT2D eigenvalue weighted by Gasteiger charge is -2.21. The average molecular weight is 308 g/mol. The maximum absolute atomic E-state index is 12.1. The number of fused-ring (bicyclic) bond motifs is 1. The molecule has 1 heterocycles. The van der Waals surface area contributed by atoms with Crippen molar-refractivity contribution in [1.29, 1.82) is 0 Å². The van der Waals surface area contributed by atoms with Crippen molar-refractivity contribution in [1.82, 2.24) is 9.55 Å². The Morgan fingerprint density at radius 2 is 1.96 bits per heavy atom. The second-order valence-electron chi connectivity index (χ2n) is 5.91. The highest BCUT2D eigenvalue weighted by Gasteiger charge is 2.21. The third-order valence-corrected chi connectivity index (χ3v) is 3.84. The van der Waals surface area contributed by atoms with Crippen LogP contribution in [0.25, 0.3) is 10.8 Å². The molecule has 3 rings (SSSR count). The third-order valence-electron chi connectivity index (χ3n) is 3.84. The van der Waals surface area contributed by atoms with Crippen molar-refractivity contribution in [3.8, 4) is 0 Å². The minimum absolute atomic E-state index is 0.157. The molecule has 23 heavy (non-hydrogen) atoms. The SMILES string of the molecule is CC(C)C(=O)OC(Cn1ccnc1)c1cccc2ccccc12. The molecule has 1 atom stereocenters. The largest absolute Gasteiger partial charge is 0.455 e. The Morgan fingerprint density at radius 3 is 2.70 bits per heavy atom. The van der Waals surface area contributed by atoms with Crippen molar-refractivity contribution in [2.45, 2.75) is 26.5 Å². The van der Waals surface area contributed by atoms with Gasteiger partial charge in [0.25, 0.3) is 0 Å². The van der Waals surface area contributed by atoms with Crippen molar-refractivity contribution in [3.05, 3.63) is 66.7 Å². The van der Waals surface area contributed by atoms with Crippen LogP contribution >= 0.6 is 0 Å². The van der Waals surface area contributed by atoms with Gasteiger partial charge < -0.3 is 9.30 Å². The van der Waals surface area contributed by atoms with Gasteiger partial charge in [0, 0.05) is 18.0 Å². The Kier molecular flexibility index (Phi) is 4.42. The first-order chi connectivity index (χ1) is 11.1. The van der Waals surface area contributed by atoms with Crippen LogP contribution in [0.1, 0.15) is 25.5 Å². The number of benzene rings is 2. The highest BCUT2D eigenvalue weighted by molar-refractivity contribution is 5.86. The van der Waals surface area contributed by atoms with E-state index in [4.69, 9.17) is 4.74 Å². The summed E-state index contributed by atoms with van der Waals surface area (Å²) in [7, 11) is 0. The summed E-state index contributed by atoms with van der Waals surface area (Å²) in [4.78, 5) is 16.2. The van der Waals surface area contributed by atoms with Gasteiger partial charge in [-0.25, -0.2) is 4.98 Å². The zero-order valence-corrected chi connectivity index (χ0v) is 13.3. The summed E-state index contributed by atoms with van der Waals surface area (Å²) in [6.45, 7) is 4.24. The molecule has 0 saturated heterocycles. The van der Waals surface area contributed by atoms with Gasteiger partial charge >= 0.3 is 5.97 Å². The first kappa shape index (κ1) is 15.3. The molecule has 1 unspecified atom stereocenters. The lowest BCUT2D eigenvalue weighted by Crippen LogP contribution is -2.20. The van der Waals surface area contributed by atoms with E-state index in [2.05, 4.69) is 23.2 Å². The first-order valence-corrected chi connectivity index (χ1v) is 7.79. The molecule has 4 nitrogen and oxygen atoms in total. The number of nitrogens with zero attached hydrogens (tertiary/aromatic N) is 2. The molecule has 0 aliphatic rings. The van der Waals surface area contributed by atoms with Gasteiger partial charge in [-0.1, -0.05) is 56.3 Å². The van der Waals surface area contributed by atoms with Crippen LogP contribution in [0.15, 0.2) is 61.2 Å². The smallest absolute Gasteiger partial charge is 0.309 e. The zero-order chi connectivity index (χ0) is 16.2. The van der Waals surface area contributed by atoms with Crippen molar-refractivity contribution in [3.63, 3.8) is 0 Å². The summed E-state index contributed by atoms with van der Waals surface area (Å²) in [5.41, 5.74) is 1.02. The molecular weight excluding hydrogens is 288 g/mol. The van der Waals surface area contributed by atoms with Gasteiger partial charge in [-0.15, -0.1) is 0 Å². The van der Waals surface area contributed by atoms with Crippen LogP contribution in [0.3, 0.4) is 0 Å². The summed E-state index contributed by atoms with van der Waals surface area (Å²) in [6, 6.07) is 14.2. The molecule has 0 N–H and O–H groups in total. The van der Waals surface area contributed by atoms with Crippen LogP contribution in [0.5, 0.6) is 0 Å². The number of carbonyl (C=O) groups excluding carboxylic acids is 1. The first-order valence-electron chi connectivity index (χ1n) is 7.79. The summed E-state index contributed by atoms with van der Waals surface area (Å²) >= 11 is 0. The number of rotatable bonds is 5. The van der Waals surface area contributed by atoms with Gasteiger partial charge in [0.1, 0.15) is 6.10 Å². The minimum Gasteiger partial charge on any atom is -0.455 e. The maximum Gasteiger partial charge on any atom is 0.309 e. The van der Waals surface area contributed by atoms with Gasteiger partial charge in [0.15, 0.2) is 0 Å². The van der Waals surface area contributed by atoms with Crippen molar-refractivity contribution < 1.29 is 9.53 Å². The fraction of sp³-hybridized carbons (Fsp3) is 0.263. The molecule has 0 spiro atoms. The summed E-state index contributed by atoms with van der Waals surface area (Å²) in [5.74, 6) is -0.349. The van der Waals surface area contributed by atoms with E-state index in [9.17, 15) is 4.79 Å². The second kappa shape index (κ2) is 6.65. The summed E-state index contributed by atoms with van der Waals surface area (Å²) in [6.07, 6.45) is 5.00. The molecule has 0 aliphatic heterocycles. The number of hydrogen-bond donors (Lipinski definition) is 0. The Morgan fingerprint density at radius 1 is 1.17 bits per heavy atom. The number of esters is 1. The molecule has 118 valence electrons. The van der Waals surface area contributed by atoms with E-state index < -0.39 is 0 Å². The van der Waals surface area contributed by atoms with E-state index in [1.54, 1.807) is 12.5 Å². The summed E-state index contributed by atoms with van der Waals surface area (Å²) < 4.78 is 7.72. The van der Waals surface area contributed by atoms with Crippen molar-refractivity contribution in [2.24, 2.45) is 5.92 Å². The van der Waals surface area contributed by atoms with Gasteiger partial charge in [0.05, 0.1) is 18.8 Å². The Hall–Kier alpha value is -2.62. The topological polar surface area (TPSA) is 44.1 Å². The third kappa shape index (κ3) is 3.42. The van der Waals surface area contributed by atoms with E-state index in [1.165, 1.54) is 0 Å². The van der Waals surface area contributed by atoms with Gasteiger partial charge in [-0.3, -0.25) is 4.79 Å². The highest BCUT2D eigenvalue weighted by atomic mass is 16.5. The predicted octanol–water partition coefficient (Wildman–Crippen LogP) is 3.98. The molecule has 0 bridgehead atoms. The molecule has 0 saturated carbocycles. The van der Waals surface area contributed by atoms with Gasteiger partial charge in [0.2, 0.25) is 0 Å².